The molecule has 2 heteroatoms. The summed E-state index contributed by atoms with van der Waals surface area (Å²) in [7, 11) is 0. The predicted octanol–water partition coefficient (Wildman–Crippen LogP) is 4.62. The number of nitrogens with one attached hydrogen (secondary N) is 1. The summed E-state index contributed by atoms with van der Waals surface area (Å²) >= 11 is 3.43. The molecule has 2 rings (SSSR count). The molecule has 0 aliphatic carbocycles. The van der Waals surface area contributed by atoms with Gasteiger partial charge < -0.3 is 5.32 Å². The van der Waals surface area contributed by atoms with Crippen LogP contribution < -0.4 is 5.32 Å². The Morgan fingerprint density at radius 3 is 2.06 bits per heavy atom. The molecule has 0 radical (unpaired) electrons. The lowest BCUT2D eigenvalue weighted by Crippen LogP contribution is -1.99. The highest BCUT2D eigenvalue weighted by Crippen LogP contribution is 2.15. The number of hydrogen-bond acceptors (Lipinski definition) is 1. The molecule has 0 aliphatic heterocycles. The van der Waals surface area contributed by atoms with Gasteiger partial charge in [0.1, 0.15) is 0 Å². The lowest BCUT2D eigenvalue weighted by atomic mass is 10.1. The van der Waals surface area contributed by atoms with E-state index in [1.165, 1.54) is 11.1 Å². The molecule has 0 bridgehead atoms. The summed E-state index contributed by atoms with van der Waals surface area (Å²) in [5.74, 6) is 0. The SMILES string of the molecule is CCc1ccc(CNc2ccc(Br)cc2)cc1. The zero-order valence-corrected chi connectivity index (χ0v) is 11.5. The van der Waals surface area contributed by atoms with E-state index in [-0.39, 0.29) is 0 Å². The van der Waals surface area contributed by atoms with Crippen LogP contribution in [0.2, 0.25) is 0 Å². The third kappa shape index (κ3) is 3.60. The second-order valence-electron chi connectivity index (χ2n) is 4.03. The minimum Gasteiger partial charge on any atom is -0.381 e. The molecule has 0 atom stereocenters. The van der Waals surface area contributed by atoms with Crippen LogP contribution in [0.4, 0.5) is 5.69 Å². The first kappa shape index (κ1) is 12.2. The molecule has 0 saturated carbocycles. The highest BCUT2D eigenvalue weighted by atomic mass is 79.9. The molecule has 0 unspecified atom stereocenters. The molecule has 0 amide bonds. The average molecular weight is 290 g/mol. The first-order valence-electron chi connectivity index (χ1n) is 5.85. The fraction of sp³-hybridized carbons (Fsp3) is 0.200. The molecule has 88 valence electrons. The predicted molar refractivity (Wildman–Crippen MR) is 77.3 cm³/mol. The van der Waals surface area contributed by atoms with E-state index >= 15 is 0 Å². The average Bonchev–Trinajstić information content (AvgIpc) is 2.39. The summed E-state index contributed by atoms with van der Waals surface area (Å²) in [6, 6.07) is 17.0. The summed E-state index contributed by atoms with van der Waals surface area (Å²) < 4.78 is 1.11. The fourth-order valence-corrected chi connectivity index (χ4v) is 1.93. The Labute approximate surface area is 111 Å². The van der Waals surface area contributed by atoms with Gasteiger partial charge in [-0.1, -0.05) is 47.1 Å². The molecule has 0 fully saturated rings. The van der Waals surface area contributed by atoms with Crippen molar-refractivity contribution in [1.29, 1.82) is 0 Å². The molecule has 0 saturated heterocycles. The summed E-state index contributed by atoms with van der Waals surface area (Å²) in [6.45, 7) is 3.04. The Hall–Kier alpha value is -1.28. The van der Waals surface area contributed by atoms with Gasteiger partial charge in [-0.15, -0.1) is 0 Å². The molecule has 17 heavy (non-hydrogen) atoms. The first-order chi connectivity index (χ1) is 8.28. The maximum absolute atomic E-state index is 3.43. The van der Waals surface area contributed by atoms with Crippen molar-refractivity contribution >= 4 is 21.6 Å². The van der Waals surface area contributed by atoms with E-state index in [1.54, 1.807) is 0 Å². The number of benzene rings is 2. The second kappa shape index (κ2) is 5.87. The molecule has 2 aromatic rings. The van der Waals surface area contributed by atoms with Gasteiger partial charge in [-0.25, -0.2) is 0 Å². The summed E-state index contributed by atoms with van der Waals surface area (Å²) in [5.41, 5.74) is 3.84. The van der Waals surface area contributed by atoms with E-state index in [1.807, 2.05) is 12.1 Å². The Morgan fingerprint density at radius 1 is 0.882 bits per heavy atom. The lowest BCUT2D eigenvalue weighted by molar-refractivity contribution is 1.11. The first-order valence-corrected chi connectivity index (χ1v) is 6.64. The summed E-state index contributed by atoms with van der Waals surface area (Å²) in [6.07, 6.45) is 1.10. The third-order valence-electron chi connectivity index (χ3n) is 2.77. The largest absolute Gasteiger partial charge is 0.381 e. The fourth-order valence-electron chi connectivity index (χ4n) is 1.66. The van der Waals surface area contributed by atoms with Gasteiger partial charge in [-0.3, -0.25) is 0 Å². The Bertz CT molecular complexity index is 459. The maximum Gasteiger partial charge on any atom is 0.0400 e. The van der Waals surface area contributed by atoms with Crippen molar-refractivity contribution in [2.24, 2.45) is 0 Å². The van der Waals surface area contributed by atoms with Crippen molar-refractivity contribution in [3.05, 3.63) is 64.1 Å². The summed E-state index contributed by atoms with van der Waals surface area (Å²) in [5, 5.41) is 3.40. The Balaban J connectivity index is 1.95. The minimum atomic E-state index is 0.867. The molecule has 0 heterocycles. The van der Waals surface area contributed by atoms with Gasteiger partial charge in [0.15, 0.2) is 0 Å². The highest BCUT2D eigenvalue weighted by molar-refractivity contribution is 9.10. The van der Waals surface area contributed by atoms with Crippen molar-refractivity contribution in [1.82, 2.24) is 0 Å². The second-order valence-corrected chi connectivity index (χ2v) is 4.95. The quantitative estimate of drug-likeness (QED) is 0.866. The van der Waals surface area contributed by atoms with Crippen LogP contribution in [0.3, 0.4) is 0 Å². The van der Waals surface area contributed by atoms with Gasteiger partial charge in [0.2, 0.25) is 0 Å². The number of halogens is 1. The smallest absolute Gasteiger partial charge is 0.0400 e. The maximum atomic E-state index is 3.43. The van der Waals surface area contributed by atoms with E-state index in [2.05, 4.69) is 64.6 Å². The van der Waals surface area contributed by atoms with Crippen molar-refractivity contribution in [2.45, 2.75) is 19.9 Å². The van der Waals surface area contributed by atoms with E-state index in [4.69, 9.17) is 0 Å². The van der Waals surface area contributed by atoms with Crippen molar-refractivity contribution < 1.29 is 0 Å². The lowest BCUT2D eigenvalue weighted by Gasteiger charge is -2.07. The van der Waals surface area contributed by atoms with Crippen molar-refractivity contribution in [3.63, 3.8) is 0 Å². The van der Waals surface area contributed by atoms with E-state index < -0.39 is 0 Å². The molecular weight excluding hydrogens is 274 g/mol. The zero-order valence-electron chi connectivity index (χ0n) is 9.91. The Morgan fingerprint density at radius 2 is 1.47 bits per heavy atom. The standard InChI is InChI=1S/C15H16BrN/c1-2-12-3-5-13(6-4-12)11-17-15-9-7-14(16)8-10-15/h3-10,17H,2,11H2,1H3. The third-order valence-corrected chi connectivity index (χ3v) is 3.30. The van der Waals surface area contributed by atoms with Crippen LogP contribution in [0.25, 0.3) is 0 Å². The monoisotopic (exact) mass is 289 g/mol. The number of aryl methyl sites for hydroxylation is 1. The molecule has 0 aromatic heterocycles. The van der Waals surface area contributed by atoms with Crippen LogP contribution in [-0.2, 0) is 13.0 Å². The van der Waals surface area contributed by atoms with Gasteiger partial charge in [0.25, 0.3) is 0 Å². The van der Waals surface area contributed by atoms with Gasteiger partial charge >= 0.3 is 0 Å². The van der Waals surface area contributed by atoms with Crippen molar-refractivity contribution in [3.8, 4) is 0 Å². The molecule has 0 spiro atoms. The van der Waals surface area contributed by atoms with Crippen LogP contribution in [0.5, 0.6) is 0 Å². The van der Waals surface area contributed by atoms with Gasteiger partial charge in [-0.05, 0) is 41.8 Å². The van der Waals surface area contributed by atoms with E-state index in [9.17, 15) is 0 Å². The molecular formula is C15H16BrN. The molecule has 1 N–H and O–H groups in total. The normalized spacial score (nSPS) is 10.2. The van der Waals surface area contributed by atoms with E-state index in [0.29, 0.717) is 0 Å². The molecule has 2 aromatic carbocycles. The van der Waals surface area contributed by atoms with Crippen molar-refractivity contribution in [2.75, 3.05) is 5.32 Å². The zero-order chi connectivity index (χ0) is 12.1. The van der Waals surface area contributed by atoms with Crippen LogP contribution in [0, 0.1) is 0 Å². The van der Waals surface area contributed by atoms with Gasteiger partial charge in [-0.2, -0.15) is 0 Å². The van der Waals surface area contributed by atoms with Crippen LogP contribution in [0.1, 0.15) is 18.1 Å². The van der Waals surface area contributed by atoms with Gasteiger partial charge in [0.05, 0.1) is 0 Å². The number of rotatable bonds is 4. The number of anilines is 1. The van der Waals surface area contributed by atoms with Crippen LogP contribution >= 0.6 is 15.9 Å². The number of hydrogen-bond donors (Lipinski definition) is 1. The van der Waals surface area contributed by atoms with E-state index in [0.717, 1.165) is 23.1 Å². The Kier molecular flexibility index (Phi) is 4.21. The summed E-state index contributed by atoms with van der Waals surface area (Å²) in [4.78, 5) is 0. The topological polar surface area (TPSA) is 12.0 Å². The molecule has 1 nitrogen and oxygen atoms in total. The molecule has 0 aliphatic rings. The minimum absolute atomic E-state index is 0.867. The van der Waals surface area contributed by atoms with Crippen LogP contribution in [-0.4, -0.2) is 0 Å². The van der Waals surface area contributed by atoms with Gasteiger partial charge in [0, 0.05) is 16.7 Å². The van der Waals surface area contributed by atoms with Crippen LogP contribution in [0.15, 0.2) is 53.0 Å². The highest BCUT2D eigenvalue weighted by Gasteiger charge is 1.95.